The van der Waals surface area contributed by atoms with Crippen LogP contribution in [-0.4, -0.2) is 27.1 Å². The second-order valence-corrected chi connectivity index (χ2v) is 7.91. The molecule has 1 amide bonds. The van der Waals surface area contributed by atoms with E-state index in [-0.39, 0.29) is 23.4 Å². The van der Waals surface area contributed by atoms with Crippen LogP contribution in [0, 0.1) is 5.82 Å². The number of nitrogens with one attached hydrogen (secondary N) is 1. The molecule has 31 heavy (non-hydrogen) atoms. The lowest BCUT2D eigenvalue weighted by molar-refractivity contribution is 0.0947. The molecule has 0 bridgehead atoms. The Morgan fingerprint density at radius 2 is 2.00 bits per heavy atom. The first-order valence-corrected chi connectivity index (χ1v) is 10.4. The van der Waals surface area contributed by atoms with Gasteiger partial charge in [-0.25, -0.2) is 14.4 Å². The van der Waals surface area contributed by atoms with Gasteiger partial charge in [0.1, 0.15) is 17.3 Å². The smallest absolute Gasteiger partial charge is 0.254 e. The third kappa shape index (κ3) is 4.88. The Kier molecular flexibility index (Phi) is 6.23. The molecule has 1 aliphatic carbocycles. The van der Waals surface area contributed by atoms with Gasteiger partial charge in [0.25, 0.3) is 5.91 Å². The highest BCUT2D eigenvalue weighted by Gasteiger charge is 2.24. The molecule has 1 aliphatic rings. The van der Waals surface area contributed by atoms with Crippen LogP contribution in [0.3, 0.4) is 0 Å². The number of hydrogen-bond acceptors (Lipinski definition) is 5. The molecule has 3 aromatic rings. The van der Waals surface area contributed by atoms with Crippen molar-refractivity contribution in [1.29, 1.82) is 0 Å². The lowest BCUT2D eigenvalue weighted by atomic mass is 9.85. The highest BCUT2D eigenvalue weighted by Crippen LogP contribution is 2.33. The number of aromatic nitrogens is 2. The molecule has 2 aromatic carbocycles. The van der Waals surface area contributed by atoms with E-state index in [4.69, 9.17) is 5.73 Å². The monoisotopic (exact) mass is 420 g/mol. The van der Waals surface area contributed by atoms with E-state index in [1.54, 1.807) is 12.3 Å². The Morgan fingerprint density at radius 1 is 1.19 bits per heavy atom. The van der Waals surface area contributed by atoms with Crippen molar-refractivity contribution in [3.63, 3.8) is 0 Å². The van der Waals surface area contributed by atoms with E-state index in [2.05, 4.69) is 15.3 Å². The number of aliphatic hydroxyl groups is 1. The summed E-state index contributed by atoms with van der Waals surface area (Å²) in [5.41, 5.74) is 8.49. The third-order valence-electron chi connectivity index (χ3n) is 5.67. The lowest BCUT2D eigenvalue weighted by Crippen LogP contribution is -2.23. The first-order valence-electron chi connectivity index (χ1n) is 10.4. The lowest BCUT2D eigenvalue weighted by Gasteiger charge is -2.25. The molecule has 1 saturated carbocycles. The summed E-state index contributed by atoms with van der Waals surface area (Å²) in [5, 5.41) is 12.7. The minimum absolute atomic E-state index is 0.0437. The van der Waals surface area contributed by atoms with Crippen molar-refractivity contribution < 1.29 is 14.3 Å². The standard InChI is InChI=1S/C24H25FN4O2/c25-20-12-17(9-10-19(20)24(31)28-13-15-5-2-1-3-6-15)22-23(26)27-14-21(29-22)16-7-4-8-18(30)11-16/h1-3,5-6,9-10,12,14,16,18,30H,4,7-8,11,13H2,(H2,26,27)(H,28,31)/t16-,18+/m1/s1. The summed E-state index contributed by atoms with van der Waals surface area (Å²) in [6, 6.07) is 13.7. The summed E-state index contributed by atoms with van der Waals surface area (Å²) in [6.07, 6.45) is 4.56. The summed E-state index contributed by atoms with van der Waals surface area (Å²) in [6.45, 7) is 0.314. The van der Waals surface area contributed by atoms with Crippen LogP contribution in [0.15, 0.2) is 54.7 Å². The molecule has 0 aliphatic heterocycles. The maximum absolute atomic E-state index is 14.8. The number of nitrogens with two attached hydrogens (primary N) is 1. The SMILES string of the molecule is Nc1ncc([C@@H]2CCC[C@H](O)C2)nc1-c1ccc(C(=O)NCc2ccccc2)c(F)c1. The molecule has 1 heterocycles. The van der Waals surface area contributed by atoms with E-state index >= 15 is 0 Å². The normalized spacial score (nSPS) is 18.5. The molecule has 160 valence electrons. The predicted octanol–water partition coefficient (Wildman–Crippen LogP) is 3.81. The van der Waals surface area contributed by atoms with Crippen molar-refractivity contribution >= 4 is 11.7 Å². The zero-order chi connectivity index (χ0) is 21.8. The molecule has 0 saturated heterocycles. The number of hydrogen-bond donors (Lipinski definition) is 3. The van der Waals surface area contributed by atoms with Gasteiger partial charge in [0.05, 0.1) is 23.6 Å². The summed E-state index contributed by atoms with van der Waals surface area (Å²) >= 11 is 0. The predicted molar refractivity (Wildman–Crippen MR) is 117 cm³/mol. The molecule has 1 fully saturated rings. The van der Waals surface area contributed by atoms with Crippen LogP contribution in [0.1, 0.15) is 53.2 Å². The van der Waals surface area contributed by atoms with Gasteiger partial charge in [0, 0.05) is 18.0 Å². The molecular weight excluding hydrogens is 395 g/mol. The van der Waals surface area contributed by atoms with Gasteiger partial charge in [-0.3, -0.25) is 4.79 Å². The molecule has 2 atom stereocenters. The summed E-state index contributed by atoms with van der Waals surface area (Å²) in [4.78, 5) is 21.3. The zero-order valence-electron chi connectivity index (χ0n) is 17.1. The molecule has 4 N–H and O–H groups in total. The van der Waals surface area contributed by atoms with Gasteiger partial charge in [-0.1, -0.05) is 42.8 Å². The maximum Gasteiger partial charge on any atom is 0.254 e. The molecule has 0 radical (unpaired) electrons. The topological polar surface area (TPSA) is 101 Å². The van der Waals surface area contributed by atoms with Crippen molar-refractivity contribution in [3.8, 4) is 11.3 Å². The van der Waals surface area contributed by atoms with Gasteiger partial charge in [0.2, 0.25) is 0 Å². The van der Waals surface area contributed by atoms with Crippen molar-refractivity contribution in [3.05, 3.63) is 77.4 Å². The van der Waals surface area contributed by atoms with Crippen LogP contribution in [0.2, 0.25) is 0 Å². The molecule has 1 aromatic heterocycles. The minimum atomic E-state index is -0.650. The van der Waals surface area contributed by atoms with Crippen LogP contribution in [0.4, 0.5) is 10.2 Å². The highest BCUT2D eigenvalue weighted by molar-refractivity contribution is 5.95. The summed E-state index contributed by atoms with van der Waals surface area (Å²) in [7, 11) is 0. The first kappa shape index (κ1) is 20.9. The molecule has 7 heteroatoms. The Bertz CT molecular complexity index is 1070. The Hall–Kier alpha value is -3.32. The number of carbonyl (C=O) groups excluding carboxylic acids is 1. The summed E-state index contributed by atoms with van der Waals surface area (Å²) < 4.78 is 14.8. The fourth-order valence-corrected chi connectivity index (χ4v) is 3.97. The van der Waals surface area contributed by atoms with E-state index in [1.165, 1.54) is 12.1 Å². The van der Waals surface area contributed by atoms with Gasteiger partial charge in [0.15, 0.2) is 0 Å². The molecule has 0 unspecified atom stereocenters. The number of nitrogens with zero attached hydrogens (tertiary/aromatic N) is 2. The van der Waals surface area contributed by atoms with Crippen molar-refractivity contribution in [2.75, 3.05) is 5.73 Å². The van der Waals surface area contributed by atoms with Crippen LogP contribution < -0.4 is 11.1 Å². The quantitative estimate of drug-likeness (QED) is 0.583. The van der Waals surface area contributed by atoms with E-state index in [0.29, 0.717) is 24.2 Å². The fourth-order valence-electron chi connectivity index (χ4n) is 3.97. The van der Waals surface area contributed by atoms with Crippen LogP contribution in [-0.2, 0) is 6.54 Å². The molecule has 6 nitrogen and oxygen atoms in total. The van der Waals surface area contributed by atoms with E-state index < -0.39 is 11.7 Å². The average molecular weight is 420 g/mol. The number of amides is 1. The summed E-state index contributed by atoms with van der Waals surface area (Å²) in [5.74, 6) is -0.844. The largest absolute Gasteiger partial charge is 0.393 e. The first-order chi connectivity index (χ1) is 15.0. The average Bonchev–Trinajstić information content (AvgIpc) is 2.78. The van der Waals surface area contributed by atoms with Crippen molar-refractivity contribution in [2.24, 2.45) is 0 Å². The number of halogens is 1. The third-order valence-corrected chi connectivity index (χ3v) is 5.67. The van der Waals surface area contributed by atoms with Gasteiger partial charge < -0.3 is 16.2 Å². The van der Waals surface area contributed by atoms with Gasteiger partial charge >= 0.3 is 0 Å². The molecular formula is C24H25FN4O2. The second-order valence-electron chi connectivity index (χ2n) is 7.91. The number of nitrogen functional groups attached to an aromatic ring is 1. The Morgan fingerprint density at radius 3 is 2.74 bits per heavy atom. The van der Waals surface area contributed by atoms with Crippen LogP contribution in [0.5, 0.6) is 0 Å². The number of rotatable bonds is 5. The van der Waals surface area contributed by atoms with Gasteiger partial charge in [-0.05, 0) is 37.0 Å². The second kappa shape index (κ2) is 9.22. The highest BCUT2D eigenvalue weighted by atomic mass is 19.1. The molecule has 4 rings (SSSR count). The number of anilines is 1. The van der Waals surface area contributed by atoms with Crippen molar-refractivity contribution in [1.82, 2.24) is 15.3 Å². The Labute approximate surface area is 180 Å². The van der Waals surface area contributed by atoms with Crippen molar-refractivity contribution in [2.45, 2.75) is 44.2 Å². The van der Waals surface area contributed by atoms with Gasteiger partial charge in [-0.15, -0.1) is 0 Å². The fraction of sp³-hybridized carbons (Fsp3) is 0.292. The number of aliphatic hydroxyl groups excluding tert-OH is 1. The number of carbonyl (C=O) groups is 1. The van der Waals surface area contributed by atoms with E-state index in [0.717, 1.165) is 30.5 Å². The van der Waals surface area contributed by atoms with Crippen LogP contribution >= 0.6 is 0 Å². The van der Waals surface area contributed by atoms with E-state index in [1.807, 2.05) is 30.3 Å². The Balaban J connectivity index is 1.53. The molecule has 0 spiro atoms. The minimum Gasteiger partial charge on any atom is -0.393 e. The number of benzene rings is 2. The maximum atomic E-state index is 14.8. The van der Waals surface area contributed by atoms with E-state index in [9.17, 15) is 14.3 Å². The van der Waals surface area contributed by atoms with Crippen LogP contribution in [0.25, 0.3) is 11.3 Å². The zero-order valence-corrected chi connectivity index (χ0v) is 17.1. The van der Waals surface area contributed by atoms with Gasteiger partial charge in [-0.2, -0.15) is 0 Å².